The number of amides is 1. The van der Waals surface area contributed by atoms with Gasteiger partial charge in [0.2, 0.25) is 0 Å². The summed E-state index contributed by atoms with van der Waals surface area (Å²) in [6, 6.07) is 21.4. The van der Waals surface area contributed by atoms with E-state index in [1.165, 1.54) is 0 Å². The van der Waals surface area contributed by atoms with E-state index in [2.05, 4.69) is 101 Å². The number of fused-ring (bicyclic) bond motifs is 6. The van der Waals surface area contributed by atoms with E-state index in [1.54, 1.807) is 0 Å². The molecule has 6 rings (SSSR count). The van der Waals surface area contributed by atoms with Crippen molar-refractivity contribution in [2.45, 2.75) is 33.2 Å². The maximum atomic E-state index is 14.3. The highest BCUT2D eigenvalue weighted by Gasteiger charge is 2.56. The Morgan fingerprint density at radius 2 is 1.32 bits per heavy atom. The molecule has 3 aromatic carbocycles. The van der Waals surface area contributed by atoms with Gasteiger partial charge in [0.25, 0.3) is 5.91 Å². The average molecular weight is 554 g/mol. The van der Waals surface area contributed by atoms with Crippen LogP contribution in [0, 0.1) is 0 Å². The minimum atomic E-state index is -0.756. The molecule has 216 valence electrons. The van der Waals surface area contributed by atoms with Gasteiger partial charge in [-0.05, 0) is 51.5 Å². The zero-order valence-corrected chi connectivity index (χ0v) is 24.9. The van der Waals surface area contributed by atoms with Crippen molar-refractivity contribution in [2.24, 2.45) is 0 Å². The lowest BCUT2D eigenvalue weighted by molar-refractivity contribution is 0.0630. The topological polar surface area (TPSA) is 51.3 Å². The molecule has 41 heavy (non-hydrogen) atoms. The molecular formula is C34H43N5O2. The van der Waals surface area contributed by atoms with Crippen LogP contribution < -0.4 is 19.9 Å². The molecule has 0 radical (unpaired) electrons. The van der Waals surface area contributed by atoms with Crippen LogP contribution >= 0.6 is 0 Å². The van der Waals surface area contributed by atoms with Crippen molar-refractivity contribution < 1.29 is 9.53 Å². The Balaban J connectivity index is 1.57. The predicted octanol–water partition coefficient (Wildman–Crippen LogP) is 5.14. The van der Waals surface area contributed by atoms with Crippen LogP contribution in [-0.2, 0) is 5.54 Å². The van der Waals surface area contributed by atoms with E-state index in [0.717, 1.165) is 104 Å². The Morgan fingerprint density at radius 1 is 0.756 bits per heavy atom. The zero-order chi connectivity index (χ0) is 28.6. The van der Waals surface area contributed by atoms with Crippen LogP contribution in [0.15, 0.2) is 60.7 Å². The lowest BCUT2D eigenvalue weighted by Gasteiger charge is -2.45. The summed E-state index contributed by atoms with van der Waals surface area (Å²) in [5.74, 6) is 1.75. The number of carbonyl (C=O) groups excluding carboxylic acids is 1. The Hall–Kier alpha value is -3.55. The highest BCUT2D eigenvalue weighted by atomic mass is 16.5. The molecule has 7 heteroatoms. The first-order chi connectivity index (χ1) is 20.1. The van der Waals surface area contributed by atoms with Crippen molar-refractivity contribution in [1.82, 2.24) is 15.1 Å². The molecule has 1 spiro atoms. The van der Waals surface area contributed by atoms with Crippen molar-refractivity contribution in [3.8, 4) is 11.5 Å². The summed E-state index contributed by atoms with van der Waals surface area (Å²) < 4.78 is 6.81. The molecule has 0 saturated carbocycles. The maximum absolute atomic E-state index is 14.3. The molecule has 0 atom stereocenters. The second kappa shape index (κ2) is 11.4. The van der Waals surface area contributed by atoms with Gasteiger partial charge in [-0.25, -0.2) is 0 Å². The fraction of sp³-hybridized carbons (Fsp3) is 0.441. The summed E-state index contributed by atoms with van der Waals surface area (Å²) >= 11 is 0. The third-order valence-electron chi connectivity index (χ3n) is 9.23. The first kappa shape index (κ1) is 27.6. The highest BCUT2D eigenvalue weighted by Crippen LogP contribution is 2.58. The third-order valence-corrected chi connectivity index (χ3v) is 9.23. The van der Waals surface area contributed by atoms with Gasteiger partial charge in [0.15, 0.2) is 0 Å². The van der Waals surface area contributed by atoms with Crippen LogP contribution in [0.3, 0.4) is 0 Å². The number of rotatable bonds is 9. The molecule has 0 aromatic heterocycles. The van der Waals surface area contributed by atoms with Crippen molar-refractivity contribution in [1.29, 1.82) is 0 Å². The first-order valence-corrected chi connectivity index (χ1v) is 15.4. The molecule has 3 aliphatic heterocycles. The van der Waals surface area contributed by atoms with Crippen molar-refractivity contribution in [3.63, 3.8) is 0 Å². The smallest absolute Gasteiger partial charge is 0.255 e. The molecule has 1 saturated heterocycles. The minimum Gasteiger partial charge on any atom is -0.456 e. The maximum Gasteiger partial charge on any atom is 0.255 e. The summed E-state index contributed by atoms with van der Waals surface area (Å²) in [5.41, 5.74) is 5.42. The largest absolute Gasteiger partial charge is 0.456 e. The molecule has 1 amide bonds. The van der Waals surface area contributed by atoms with E-state index in [4.69, 9.17) is 4.74 Å². The van der Waals surface area contributed by atoms with Crippen molar-refractivity contribution in [3.05, 3.63) is 82.9 Å². The number of ether oxygens (including phenoxy) is 1. The van der Waals surface area contributed by atoms with Crippen LogP contribution in [0.25, 0.3) is 0 Å². The van der Waals surface area contributed by atoms with Crippen LogP contribution in [0.1, 0.15) is 54.7 Å². The zero-order valence-electron chi connectivity index (χ0n) is 24.9. The lowest BCUT2D eigenvalue weighted by atomic mass is 9.74. The fourth-order valence-electron chi connectivity index (χ4n) is 7.08. The van der Waals surface area contributed by atoms with Crippen LogP contribution in [0.4, 0.5) is 11.4 Å². The van der Waals surface area contributed by atoms with E-state index in [-0.39, 0.29) is 5.91 Å². The summed E-state index contributed by atoms with van der Waals surface area (Å²) in [5, 5.41) is 3.45. The average Bonchev–Trinajstić information content (AvgIpc) is 3.25. The van der Waals surface area contributed by atoms with Gasteiger partial charge in [-0.3, -0.25) is 9.69 Å². The van der Waals surface area contributed by atoms with Crippen molar-refractivity contribution in [2.75, 3.05) is 75.2 Å². The normalized spacial score (nSPS) is 17.2. The Labute approximate surface area is 244 Å². The molecule has 3 heterocycles. The number of anilines is 2. The molecular weight excluding hydrogens is 510 g/mol. The summed E-state index contributed by atoms with van der Waals surface area (Å²) in [6.45, 7) is 17.8. The van der Waals surface area contributed by atoms with Gasteiger partial charge in [-0.2, -0.15) is 0 Å². The van der Waals surface area contributed by atoms with Gasteiger partial charge in [0.05, 0.1) is 0 Å². The molecule has 0 aliphatic carbocycles. The second-order valence-electron chi connectivity index (χ2n) is 11.1. The quantitative estimate of drug-likeness (QED) is 0.396. The van der Waals surface area contributed by atoms with Crippen LogP contribution in [0.2, 0.25) is 0 Å². The number of piperazine rings is 1. The lowest BCUT2D eigenvalue weighted by Crippen LogP contribution is -2.52. The summed E-state index contributed by atoms with van der Waals surface area (Å²) in [7, 11) is 0. The Bertz CT molecular complexity index is 1350. The highest BCUT2D eigenvalue weighted by molar-refractivity contribution is 6.02. The molecule has 0 unspecified atom stereocenters. The number of carbonyl (C=O) groups is 1. The molecule has 0 bridgehead atoms. The number of nitrogens with one attached hydrogen (secondary N) is 1. The molecule has 1 N–H and O–H groups in total. The van der Waals surface area contributed by atoms with Gasteiger partial charge in [-0.15, -0.1) is 0 Å². The Kier molecular flexibility index (Phi) is 7.66. The van der Waals surface area contributed by atoms with E-state index in [0.29, 0.717) is 6.54 Å². The molecule has 3 aliphatic rings. The SMILES string of the molecule is CCN(CC)c1ccc2c(c1)Oc1cc(N(CC)CC)ccc1C21c2ccccc2C(=O)N1CCN1CCNCC1. The third kappa shape index (κ3) is 4.46. The molecule has 7 nitrogen and oxygen atoms in total. The van der Waals surface area contributed by atoms with Crippen LogP contribution in [-0.4, -0.2) is 81.2 Å². The number of nitrogens with zero attached hydrogens (tertiary/aromatic N) is 4. The van der Waals surface area contributed by atoms with Gasteiger partial charge in [-0.1, -0.05) is 30.3 Å². The molecule has 1 fully saturated rings. The monoisotopic (exact) mass is 553 g/mol. The number of hydrogen-bond donors (Lipinski definition) is 1. The fourth-order valence-corrected chi connectivity index (χ4v) is 7.08. The molecule has 3 aromatic rings. The number of hydrogen-bond acceptors (Lipinski definition) is 6. The number of benzene rings is 3. The van der Waals surface area contributed by atoms with Gasteiger partial charge < -0.3 is 24.8 Å². The van der Waals surface area contributed by atoms with Crippen LogP contribution in [0.5, 0.6) is 11.5 Å². The Morgan fingerprint density at radius 3 is 1.88 bits per heavy atom. The minimum absolute atomic E-state index is 0.0928. The van der Waals surface area contributed by atoms with Gasteiger partial charge in [0.1, 0.15) is 17.0 Å². The predicted molar refractivity (Wildman–Crippen MR) is 167 cm³/mol. The van der Waals surface area contributed by atoms with Crippen molar-refractivity contribution >= 4 is 17.3 Å². The first-order valence-electron chi connectivity index (χ1n) is 15.4. The van der Waals surface area contributed by atoms with Gasteiger partial charge in [0, 0.05) is 106 Å². The standard InChI is InChI=1S/C34H43N5O2/c1-5-37(6-2)25-13-15-29-31(23-25)41-32-24-26(38(7-3)8-4)14-16-30(32)34(29)28-12-10-9-11-27(28)33(40)39(34)22-21-36-19-17-35-18-20-36/h9-16,23-24,35H,5-8,17-22H2,1-4H3. The van der Waals surface area contributed by atoms with E-state index in [1.807, 2.05) is 12.1 Å². The van der Waals surface area contributed by atoms with E-state index < -0.39 is 5.54 Å². The summed E-state index contributed by atoms with van der Waals surface area (Å²) in [4.78, 5) is 23.6. The summed E-state index contributed by atoms with van der Waals surface area (Å²) in [6.07, 6.45) is 0. The van der Waals surface area contributed by atoms with Gasteiger partial charge >= 0.3 is 0 Å². The van der Waals surface area contributed by atoms with E-state index >= 15 is 0 Å². The van der Waals surface area contributed by atoms with E-state index in [9.17, 15) is 4.79 Å². The second-order valence-corrected chi connectivity index (χ2v) is 11.1.